The van der Waals surface area contributed by atoms with Crippen LogP contribution in [0.15, 0.2) is 24.3 Å². The molecule has 1 heterocycles. The van der Waals surface area contributed by atoms with E-state index in [0.717, 1.165) is 40.9 Å². The zero-order valence-electron chi connectivity index (χ0n) is 11.7. The molecule has 1 unspecified atom stereocenters. The van der Waals surface area contributed by atoms with Crippen molar-refractivity contribution in [3.63, 3.8) is 0 Å². The van der Waals surface area contributed by atoms with Crippen molar-refractivity contribution in [3.05, 3.63) is 30.0 Å². The Hall–Kier alpha value is -1.81. The lowest BCUT2D eigenvalue weighted by atomic mass is 10.1. The van der Waals surface area contributed by atoms with Gasteiger partial charge >= 0.3 is 0 Å². The van der Waals surface area contributed by atoms with Gasteiger partial charge in [0.1, 0.15) is 0 Å². The SMILES string of the molecule is Cc1cc(N(C)CCC(C)O)c2cc(N)ccc2n1. The van der Waals surface area contributed by atoms with Gasteiger partial charge in [0.25, 0.3) is 0 Å². The molecule has 1 atom stereocenters. The van der Waals surface area contributed by atoms with Crippen LogP contribution >= 0.6 is 0 Å². The number of aliphatic hydroxyl groups excluding tert-OH is 1. The van der Waals surface area contributed by atoms with Crippen LogP contribution in [0.4, 0.5) is 11.4 Å². The molecule has 0 saturated heterocycles. The zero-order chi connectivity index (χ0) is 14.0. The molecule has 0 bridgehead atoms. The van der Waals surface area contributed by atoms with Gasteiger partial charge in [-0.05, 0) is 44.5 Å². The van der Waals surface area contributed by atoms with Gasteiger partial charge in [-0.15, -0.1) is 0 Å². The van der Waals surface area contributed by atoms with Gasteiger partial charge in [0.2, 0.25) is 0 Å². The minimum Gasteiger partial charge on any atom is -0.399 e. The van der Waals surface area contributed by atoms with Crippen LogP contribution < -0.4 is 10.6 Å². The summed E-state index contributed by atoms with van der Waals surface area (Å²) >= 11 is 0. The number of pyridine rings is 1. The maximum Gasteiger partial charge on any atom is 0.0727 e. The van der Waals surface area contributed by atoms with Crippen molar-refractivity contribution in [2.75, 3.05) is 24.2 Å². The maximum atomic E-state index is 9.40. The summed E-state index contributed by atoms with van der Waals surface area (Å²) in [7, 11) is 2.03. The van der Waals surface area contributed by atoms with Gasteiger partial charge in [-0.1, -0.05) is 0 Å². The molecule has 0 saturated carbocycles. The molecule has 0 aliphatic heterocycles. The topological polar surface area (TPSA) is 62.4 Å². The number of rotatable bonds is 4. The Morgan fingerprint density at radius 3 is 2.79 bits per heavy atom. The first-order chi connectivity index (χ1) is 8.97. The van der Waals surface area contributed by atoms with Crippen LogP contribution in [0, 0.1) is 6.92 Å². The summed E-state index contributed by atoms with van der Waals surface area (Å²) in [5, 5.41) is 10.5. The average molecular weight is 259 g/mol. The molecular weight excluding hydrogens is 238 g/mol. The van der Waals surface area contributed by atoms with Crippen LogP contribution in [-0.4, -0.2) is 29.8 Å². The molecule has 0 amide bonds. The molecular formula is C15H21N3O. The average Bonchev–Trinajstić information content (AvgIpc) is 2.35. The van der Waals surface area contributed by atoms with E-state index in [4.69, 9.17) is 5.73 Å². The second-order valence-electron chi connectivity index (χ2n) is 5.12. The molecule has 1 aromatic heterocycles. The third-order valence-electron chi connectivity index (χ3n) is 3.23. The van der Waals surface area contributed by atoms with Crippen LogP contribution in [0.2, 0.25) is 0 Å². The Labute approximate surface area is 113 Å². The lowest BCUT2D eigenvalue weighted by molar-refractivity contribution is 0.187. The van der Waals surface area contributed by atoms with Gasteiger partial charge in [-0.2, -0.15) is 0 Å². The van der Waals surface area contributed by atoms with Crippen LogP contribution in [-0.2, 0) is 0 Å². The van der Waals surface area contributed by atoms with Crippen molar-refractivity contribution in [2.45, 2.75) is 26.4 Å². The molecule has 2 rings (SSSR count). The van der Waals surface area contributed by atoms with E-state index >= 15 is 0 Å². The number of benzene rings is 1. The molecule has 0 radical (unpaired) electrons. The second kappa shape index (κ2) is 5.45. The van der Waals surface area contributed by atoms with E-state index in [1.807, 2.05) is 39.1 Å². The summed E-state index contributed by atoms with van der Waals surface area (Å²) in [6.45, 7) is 4.59. The predicted molar refractivity (Wildman–Crippen MR) is 80.5 cm³/mol. The number of nitrogens with zero attached hydrogens (tertiary/aromatic N) is 2. The minimum atomic E-state index is -0.290. The largest absolute Gasteiger partial charge is 0.399 e. The molecule has 4 heteroatoms. The van der Waals surface area contributed by atoms with Gasteiger partial charge in [-0.25, -0.2) is 0 Å². The fourth-order valence-corrected chi connectivity index (χ4v) is 2.17. The lowest BCUT2D eigenvalue weighted by Gasteiger charge is -2.22. The number of fused-ring (bicyclic) bond motifs is 1. The van der Waals surface area contributed by atoms with Crippen molar-refractivity contribution in [1.29, 1.82) is 0 Å². The smallest absolute Gasteiger partial charge is 0.0727 e. The van der Waals surface area contributed by atoms with E-state index in [9.17, 15) is 5.11 Å². The number of aromatic nitrogens is 1. The van der Waals surface area contributed by atoms with Crippen LogP contribution in [0.5, 0.6) is 0 Å². The van der Waals surface area contributed by atoms with Crippen molar-refractivity contribution < 1.29 is 5.11 Å². The van der Waals surface area contributed by atoms with E-state index in [1.54, 1.807) is 0 Å². The fourth-order valence-electron chi connectivity index (χ4n) is 2.17. The molecule has 4 nitrogen and oxygen atoms in total. The third-order valence-corrected chi connectivity index (χ3v) is 3.23. The summed E-state index contributed by atoms with van der Waals surface area (Å²) < 4.78 is 0. The highest BCUT2D eigenvalue weighted by atomic mass is 16.3. The predicted octanol–water partition coefficient (Wildman–Crippen LogP) is 2.33. The monoisotopic (exact) mass is 259 g/mol. The van der Waals surface area contributed by atoms with Crippen molar-refractivity contribution >= 4 is 22.3 Å². The fraction of sp³-hybridized carbons (Fsp3) is 0.400. The normalized spacial score (nSPS) is 12.6. The molecule has 0 aliphatic carbocycles. The van der Waals surface area contributed by atoms with E-state index in [2.05, 4.69) is 16.0 Å². The number of nitrogen functional groups attached to an aromatic ring is 1. The summed E-state index contributed by atoms with van der Waals surface area (Å²) in [5.41, 5.74) is 9.65. The molecule has 102 valence electrons. The van der Waals surface area contributed by atoms with Crippen LogP contribution in [0.1, 0.15) is 19.0 Å². The first kappa shape index (κ1) is 13.6. The summed E-state index contributed by atoms with van der Waals surface area (Å²) in [5.74, 6) is 0. The number of hydrogen-bond donors (Lipinski definition) is 2. The van der Waals surface area contributed by atoms with Gasteiger partial charge in [0.05, 0.1) is 11.6 Å². The van der Waals surface area contributed by atoms with Gasteiger partial charge < -0.3 is 15.7 Å². The van der Waals surface area contributed by atoms with Crippen molar-refractivity contribution in [3.8, 4) is 0 Å². The molecule has 2 aromatic rings. The summed E-state index contributed by atoms with van der Waals surface area (Å²) in [6, 6.07) is 7.83. The van der Waals surface area contributed by atoms with E-state index in [0.29, 0.717) is 0 Å². The van der Waals surface area contributed by atoms with Gasteiger partial charge in [0.15, 0.2) is 0 Å². The summed E-state index contributed by atoms with van der Waals surface area (Å²) in [4.78, 5) is 6.67. The highest BCUT2D eigenvalue weighted by Crippen LogP contribution is 2.27. The maximum absolute atomic E-state index is 9.40. The van der Waals surface area contributed by atoms with E-state index in [1.165, 1.54) is 0 Å². The third kappa shape index (κ3) is 3.15. The standard InChI is InChI=1S/C15H21N3O/c1-10-8-15(18(3)7-6-11(2)19)13-9-12(16)4-5-14(13)17-10/h4-5,8-9,11,19H,6-7,16H2,1-3H3. The minimum absolute atomic E-state index is 0.290. The number of hydrogen-bond acceptors (Lipinski definition) is 4. The van der Waals surface area contributed by atoms with Crippen molar-refractivity contribution in [2.24, 2.45) is 0 Å². The van der Waals surface area contributed by atoms with E-state index < -0.39 is 0 Å². The summed E-state index contributed by atoms with van der Waals surface area (Å²) in [6.07, 6.45) is 0.448. The number of aliphatic hydroxyl groups is 1. The highest BCUT2D eigenvalue weighted by Gasteiger charge is 2.09. The first-order valence-corrected chi connectivity index (χ1v) is 6.53. The molecule has 1 aromatic carbocycles. The Balaban J connectivity index is 2.43. The zero-order valence-corrected chi connectivity index (χ0v) is 11.7. The lowest BCUT2D eigenvalue weighted by Crippen LogP contribution is -2.22. The van der Waals surface area contributed by atoms with E-state index in [-0.39, 0.29) is 6.10 Å². The Kier molecular flexibility index (Phi) is 3.90. The first-order valence-electron chi connectivity index (χ1n) is 6.53. The number of anilines is 2. The number of aryl methyl sites for hydroxylation is 1. The Bertz CT molecular complexity index is 581. The molecule has 19 heavy (non-hydrogen) atoms. The number of nitrogens with two attached hydrogens (primary N) is 1. The molecule has 0 fully saturated rings. The van der Waals surface area contributed by atoms with Crippen LogP contribution in [0.3, 0.4) is 0 Å². The molecule has 0 aliphatic rings. The Morgan fingerprint density at radius 1 is 1.37 bits per heavy atom. The van der Waals surface area contributed by atoms with Crippen LogP contribution in [0.25, 0.3) is 10.9 Å². The molecule has 0 spiro atoms. The second-order valence-corrected chi connectivity index (χ2v) is 5.12. The van der Waals surface area contributed by atoms with Crippen molar-refractivity contribution in [1.82, 2.24) is 4.98 Å². The highest BCUT2D eigenvalue weighted by molar-refractivity contribution is 5.93. The van der Waals surface area contributed by atoms with Gasteiger partial charge in [-0.3, -0.25) is 4.98 Å². The quantitative estimate of drug-likeness (QED) is 0.827. The Morgan fingerprint density at radius 2 is 2.11 bits per heavy atom. The molecule has 3 N–H and O–H groups in total. The van der Waals surface area contributed by atoms with Gasteiger partial charge in [0, 0.05) is 36.0 Å².